The number of amides is 1. The maximum atomic E-state index is 13.9. The Morgan fingerprint density at radius 3 is 2.79 bits per heavy atom. The van der Waals surface area contributed by atoms with E-state index < -0.39 is 5.41 Å². The van der Waals surface area contributed by atoms with Gasteiger partial charge in [0.2, 0.25) is 5.91 Å². The van der Waals surface area contributed by atoms with Crippen molar-refractivity contribution < 1.29 is 13.9 Å². The van der Waals surface area contributed by atoms with Crippen LogP contribution in [-0.4, -0.2) is 25.2 Å². The molecule has 3 nitrogen and oxygen atoms in total. The van der Waals surface area contributed by atoms with Gasteiger partial charge in [-0.25, -0.2) is 4.39 Å². The van der Waals surface area contributed by atoms with Crippen LogP contribution in [0.15, 0.2) is 24.3 Å². The van der Waals surface area contributed by atoms with Crippen LogP contribution in [0.4, 0.5) is 4.39 Å². The van der Waals surface area contributed by atoms with Crippen LogP contribution in [0, 0.1) is 5.82 Å². The zero-order chi connectivity index (χ0) is 13.3. The number of carbonyl (C=O) groups excluding carboxylic acids is 1. The Morgan fingerprint density at radius 1 is 1.37 bits per heavy atom. The number of carbonyl (C=O) groups is 1. The third kappa shape index (κ3) is 2.37. The van der Waals surface area contributed by atoms with Crippen molar-refractivity contribution in [2.45, 2.75) is 37.1 Å². The zero-order valence-corrected chi connectivity index (χ0v) is 10.8. The molecule has 1 aliphatic heterocycles. The van der Waals surface area contributed by atoms with Gasteiger partial charge in [-0.15, -0.1) is 0 Å². The minimum atomic E-state index is -0.636. The van der Waals surface area contributed by atoms with Gasteiger partial charge in [-0.2, -0.15) is 0 Å². The standard InChI is InChI=1S/C15H18FNO2/c16-13-6-2-1-5-12(13)15(7-8-15)14(18)17-11-4-3-9-19-10-11/h1-2,5-6,11H,3-4,7-10H2,(H,17,18)/t11-/m0/s1. The van der Waals surface area contributed by atoms with Gasteiger partial charge in [-0.1, -0.05) is 18.2 Å². The minimum absolute atomic E-state index is 0.0481. The summed E-state index contributed by atoms with van der Waals surface area (Å²) in [5.41, 5.74) is -0.104. The average Bonchev–Trinajstić information content (AvgIpc) is 3.22. The summed E-state index contributed by atoms with van der Waals surface area (Å²) >= 11 is 0. The summed E-state index contributed by atoms with van der Waals surface area (Å²) < 4.78 is 19.2. The predicted molar refractivity (Wildman–Crippen MR) is 69.3 cm³/mol. The smallest absolute Gasteiger partial charge is 0.231 e. The highest BCUT2D eigenvalue weighted by atomic mass is 19.1. The maximum Gasteiger partial charge on any atom is 0.231 e. The largest absolute Gasteiger partial charge is 0.379 e. The molecule has 4 heteroatoms. The Balaban J connectivity index is 1.74. The van der Waals surface area contributed by atoms with Crippen molar-refractivity contribution in [1.82, 2.24) is 5.32 Å². The number of benzene rings is 1. The fourth-order valence-electron chi connectivity index (χ4n) is 2.77. The number of ether oxygens (including phenoxy) is 1. The topological polar surface area (TPSA) is 38.3 Å². The Labute approximate surface area is 112 Å². The fraction of sp³-hybridized carbons (Fsp3) is 0.533. The van der Waals surface area contributed by atoms with Gasteiger partial charge < -0.3 is 10.1 Å². The molecule has 19 heavy (non-hydrogen) atoms. The lowest BCUT2D eigenvalue weighted by molar-refractivity contribution is -0.125. The highest BCUT2D eigenvalue weighted by Gasteiger charge is 2.53. The first-order chi connectivity index (χ1) is 9.22. The van der Waals surface area contributed by atoms with Crippen LogP contribution in [0.2, 0.25) is 0 Å². The second-order valence-corrected chi connectivity index (χ2v) is 5.45. The van der Waals surface area contributed by atoms with Gasteiger partial charge in [0, 0.05) is 12.2 Å². The molecule has 2 fully saturated rings. The SMILES string of the molecule is O=C(N[C@H]1CCCOC1)C1(c2ccccc2F)CC1. The molecule has 1 saturated carbocycles. The Morgan fingerprint density at radius 2 is 2.16 bits per heavy atom. The van der Waals surface area contributed by atoms with Gasteiger partial charge in [0.25, 0.3) is 0 Å². The predicted octanol–water partition coefficient (Wildman–Crippen LogP) is 2.15. The molecule has 1 atom stereocenters. The van der Waals surface area contributed by atoms with Gasteiger partial charge >= 0.3 is 0 Å². The van der Waals surface area contributed by atoms with Crippen molar-refractivity contribution in [3.05, 3.63) is 35.6 Å². The maximum absolute atomic E-state index is 13.9. The molecular formula is C15H18FNO2. The molecule has 0 spiro atoms. The lowest BCUT2D eigenvalue weighted by atomic mass is 9.93. The number of rotatable bonds is 3. The number of nitrogens with one attached hydrogen (secondary N) is 1. The van der Waals surface area contributed by atoms with Gasteiger partial charge in [0.1, 0.15) is 5.82 Å². The summed E-state index contributed by atoms with van der Waals surface area (Å²) in [5.74, 6) is -0.330. The molecule has 1 N–H and O–H groups in total. The first kappa shape index (κ1) is 12.6. The highest BCUT2D eigenvalue weighted by molar-refractivity contribution is 5.91. The number of hydrogen-bond donors (Lipinski definition) is 1. The third-order valence-electron chi connectivity index (χ3n) is 4.07. The fourth-order valence-corrected chi connectivity index (χ4v) is 2.77. The van der Waals surface area contributed by atoms with E-state index in [1.54, 1.807) is 18.2 Å². The normalized spacial score (nSPS) is 24.8. The van der Waals surface area contributed by atoms with E-state index in [1.165, 1.54) is 6.07 Å². The Bertz CT molecular complexity index is 479. The lowest BCUT2D eigenvalue weighted by Crippen LogP contribution is -2.45. The van der Waals surface area contributed by atoms with E-state index in [0.29, 0.717) is 12.2 Å². The van der Waals surface area contributed by atoms with Crippen molar-refractivity contribution in [3.8, 4) is 0 Å². The number of hydrogen-bond acceptors (Lipinski definition) is 2. The highest BCUT2D eigenvalue weighted by Crippen LogP contribution is 2.49. The molecule has 0 unspecified atom stereocenters. The molecule has 1 aromatic carbocycles. The molecule has 0 bridgehead atoms. The number of halogens is 1. The summed E-state index contributed by atoms with van der Waals surface area (Å²) in [6, 6.07) is 6.66. The van der Waals surface area contributed by atoms with Gasteiger partial charge in [-0.05, 0) is 31.7 Å². The summed E-state index contributed by atoms with van der Waals surface area (Å²) in [6.45, 7) is 1.34. The molecule has 1 amide bonds. The summed E-state index contributed by atoms with van der Waals surface area (Å²) in [7, 11) is 0. The summed E-state index contributed by atoms with van der Waals surface area (Å²) in [5, 5.41) is 3.02. The lowest BCUT2D eigenvalue weighted by Gasteiger charge is -2.26. The molecule has 1 aromatic rings. The van der Waals surface area contributed by atoms with E-state index in [-0.39, 0.29) is 17.8 Å². The van der Waals surface area contributed by atoms with Crippen molar-refractivity contribution in [2.75, 3.05) is 13.2 Å². The summed E-state index contributed by atoms with van der Waals surface area (Å²) in [4.78, 5) is 12.4. The molecule has 3 rings (SSSR count). The van der Waals surface area contributed by atoms with Crippen LogP contribution in [0.25, 0.3) is 0 Å². The van der Waals surface area contributed by atoms with E-state index in [1.807, 2.05) is 0 Å². The Hall–Kier alpha value is -1.42. The first-order valence-electron chi connectivity index (χ1n) is 6.86. The van der Waals surface area contributed by atoms with Crippen LogP contribution in [0.5, 0.6) is 0 Å². The van der Waals surface area contributed by atoms with E-state index in [2.05, 4.69) is 5.32 Å². The third-order valence-corrected chi connectivity index (χ3v) is 4.07. The van der Waals surface area contributed by atoms with Crippen LogP contribution in [0.1, 0.15) is 31.2 Å². The quantitative estimate of drug-likeness (QED) is 0.907. The molecule has 0 radical (unpaired) electrons. The van der Waals surface area contributed by atoms with Gasteiger partial charge in [0.15, 0.2) is 0 Å². The minimum Gasteiger partial charge on any atom is -0.379 e. The van der Waals surface area contributed by atoms with E-state index in [0.717, 1.165) is 32.3 Å². The van der Waals surface area contributed by atoms with Gasteiger partial charge in [-0.3, -0.25) is 4.79 Å². The summed E-state index contributed by atoms with van der Waals surface area (Å²) in [6.07, 6.45) is 3.37. The van der Waals surface area contributed by atoms with Crippen LogP contribution < -0.4 is 5.32 Å². The molecule has 1 saturated heterocycles. The average molecular weight is 263 g/mol. The molecule has 0 aromatic heterocycles. The van der Waals surface area contributed by atoms with Crippen molar-refractivity contribution >= 4 is 5.91 Å². The van der Waals surface area contributed by atoms with E-state index in [9.17, 15) is 9.18 Å². The van der Waals surface area contributed by atoms with Crippen molar-refractivity contribution in [3.63, 3.8) is 0 Å². The van der Waals surface area contributed by atoms with Crippen molar-refractivity contribution in [1.29, 1.82) is 0 Å². The molecule has 2 aliphatic rings. The van der Waals surface area contributed by atoms with Crippen LogP contribution >= 0.6 is 0 Å². The molecule has 1 aliphatic carbocycles. The first-order valence-corrected chi connectivity index (χ1v) is 6.86. The molecular weight excluding hydrogens is 245 g/mol. The van der Waals surface area contributed by atoms with Gasteiger partial charge in [0.05, 0.1) is 18.1 Å². The zero-order valence-electron chi connectivity index (χ0n) is 10.8. The monoisotopic (exact) mass is 263 g/mol. The molecule has 1 heterocycles. The van der Waals surface area contributed by atoms with Crippen LogP contribution in [0.3, 0.4) is 0 Å². The Kier molecular flexibility index (Phi) is 3.27. The van der Waals surface area contributed by atoms with E-state index >= 15 is 0 Å². The second-order valence-electron chi connectivity index (χ2n) is 5.45. The van der Waals surface area contributed by atoms with Crippen LogP contribution in [-0.2, 0) is 14.9 Å². The molecule has 102 valence electrons. The van der Waals surface area contributed by atoms with E-state index in [4.69, 9.17) is 4.74 Å². The van der Waals surface area contributed by atoms with Crippen molar-refractivity contribution in [2.24, 2.45) is 0 Å². The second kappa shape index (κ2) is 4.93.